The maximum Gasteiger partial charge on any atom is 0.323 e. The average Bonchev–Trinajstić information content (AvgIpc) is 2.26. The normalized spacial score (nSPS) is 15.8. The van der Waals surface area contributed by atoms with Gasteiger partial charge in [-0.2, -0.15) is 0 Å². The Balaban J connectivity index is 0. The van der Waals surface area contributed by atoms with Gasteiger partial charge in [-0.3, -0.25) is 4.79 Å². The first-order valence-corrected chi connectivity index (χ1v) is 7.06. The third kappa shape index (κ3) is 9.20. The van der Waals surface area contributed by atoms with E-state index in [1.165, 1.54) is 0 Å². The second-order valence-electron chi connectivity index (χ2n) is 3.59. The molecule has 0 aromatic rings. The minimum Gasteiger partial charge on any atom is -0.480 e. The smallest absolute Gasteiger partial charge is 0.323 e. The summed E-state index contributed by atoms with van der Waals surface area (Å²) >= 11 is 23.0. The highest BCUT2D eigenvalue weighted by molar-refractivity contribution is 6.39. The summed E-state index contributed by atoms with van der Waals surface area (Å²) in [4.78, 5) is 10.6. The first-order valence-electron chi connectivity index (χ1n) is 5.21. The number of halogens is 4. The summed E-state index contributed by atoms with van der Waals surface area (Å²) in [5.74, 6) is -0.458. The van der Waals surface area contributed by atoms with Gasteiger partial charge < -0.3 is 11.3 Å². The summed E-state index contributed by atoms with van der Waals surface area (Å²) < 4.78 is 0. The summed E-state index contributed by atoms with van der Waals surface area (Å²) in [5.41, 5.74) is 0. The average molecular weight is 327 g/mol. The number of carboxylic acid groups (broad SMARTS) is 1. The van der Waals surface area contributed by atoms with Crippen LogP contribution in [0, 0.1) is 0 Å². The molecule has 0 aromatic heterocycles. The van der Waals surface area contributed by atoms with Gasteiger partial charge >= 0.3 is 5.97 Å². The second-order valence-corrected chi connectivity index (χ2v) is 5.50. The number of carbonyl (C=O) groups is 1. The van der Waals surface area contributed by atoms with Crippen LogP contribution in [0.15, 0.2) is 0 Å². The number of rotatable bonds is 9. The van der Waals surface area contributed by atoms with Crippen LogP contribution < -0.4 is 6.15 Å². The molecule has 0 fully saturated rings. The molecule has 3 unspecified atom stereocenters. The van der Waals surface area contributed by atoms with Crippen LogP contribution in [0.4, 0.5) is 0 Å². The molecule has 3 nitrogen and oxygen atoms in total. The lowest BCUT2D eigenvalue weighted by Crippen LogP contribution is -2.31. The van der Waals surface area contributed by atoms with Crippen molar-refractivity contribution in [3.05, 3.63) is 0 Å². The van der Waals surface area contributed by atoms with E-state index in [2.05, 4.69) is 0 Å². The number of alkyl halides is 4. The number of aliphatic carboxylic acids is 1. The zero-order valence-corrected chi connectivity index (χ0v) is 12.6. The molecular formula is C10H19Cl4NO2. The number of unbranched alkanes of at least 4 members (excludes halogenated alkanes) is 3. The van der Waals surface area contributed by atoms with Gasteiger partial charge in [0.05, 0.1) is 10.8 Å². The highest BCUT2D eigenvalue weighted by Gasteiger charge is 2.29. The van der Waals surface area contributed by atoms with E-state index in [4.69, 9.17) is 51.5 Å². The molecule has 0 bridgehead atoms. The van der Waals surface area contributed by atoms with Crippen molar-refractivity contribution >= 4 is 52.4 Å². The highest BCUT2D eigenvalue weighted by Crippen LogP contribution is 2.23. The molecule has 3 atom stereocenters. The van der Waals surface area contributed by atoms with Crippen molar-refractivity contribution in [2.45, 2.75) is 48.2 Å². The lowest BCUT2D eigenvalue weighted by atomic mass is 10.1. The Morgan fingerprint density at radius 2 is 1.59 bits per heavy atom. The van der Waals surface area contributed by atoms with Crippen LogP contribution in [0.3, 0.4) is 0 Å². The maximum atomic E-state index is 10.6. The van der Waals surface area contributed by atoms with Crippen LogP contribution in [0.5, 0.6) is 0 Å². The first kappa shape index (κ1) is 19.9. The lowest BCUT2D eigenvalue weighted by molar-refractivity contribution is -0.136. The molecule has 0 amide bonds. The summed E-state index contributed by atoms with van der Waals surface area (Å²) in [6.07, 6.45) is 4.67. The largest absolute Gasteiger partial charge is 0.480 e. The van der Waals surface area contributed by atoms with Gasteiger partial charge in [0, 0.05) is 5.88 Å². The summed E-state index contributed by atoms with van der Waals surface area (Å²) in [6, 6.07) is 0. The van der Waals surface area contributed by atoms with Crippen molar-refractivity contribution in [3.8, 4) is 0 Å². The van der Waals surface area contributed by atoms with Crippen molar-refractivity contribution in [2.75, 3.05) is 5.88 Å². The van der Waals surface area contributed by atoms with E-state index >= 15 is 0 Å². The molecule has 0 aliphatic carbocycles. The van der Waals surface area contributed by atoms with E-state index in [1.54, 1.807) is 0 Å². The van der Waals surface area contributed by atoms with Gasteiger partial charge in [-0.15, -0.1) is 46.4 Å². The predicted molar refractivity (Wildman–Crippen MR) is 75.4 cm³/mol. The Hall–Kier alpha value is 0.590. The lowest BCUT2D eigenvalue weighted by Gasteiger charge is -2.17. The molecule has 0 aliphatic heterocycles. The standard InChI is InChI=1S/C10H16Cl4O2.H3N/c11-6-4-2-1-3-5-7(12)8(13)9(14)10(15)16;/h7-9H,1-6H2,(H,15,16);1H3. The molecule has 0 heterocycles. The van der Waals surface area contributed by atoms with Crippen LogP contribution in [-0.2, 0) is 4.79 Å². The Morgan fingerprint density at radius 3 is 2.06 bits per heavy atom. The van der Waals surface area contributed by atoms with E-state index in [0.29, 0.717) is 12.3 Å². The molecule has 0 spiro atoms. The summed E-state index contributed by atoms with van der Waals surface area (Å²) in [5, 5.41) is 6.37. The fraction of sp³-hybridized carbons (Fsp3) is 0.900. The van der Waals surface area contributed by atoms with Crippen molar-refractivity contribution in [2.24, 2.45) is 0 Å². The van der Waals surface area contributed by atoms with E-state index in [9.17, 15) is 4.79 Å². The minimum atomic E-state index is -1.13. The Labute approximate surface area is 122 Å². The third-order valence-electron chi connectivity index (χ3n) is 2.22. The Bertz CT molecular complexity index is 207. The molecule has 0 aliphatic rings. The van der Waals surface area contributed by atoms with Crippen molar-refractivity contribution < 1.29 is 9.90 Å². The first-order chi connectivity index (χ1) is 7.50. The van der Waals surface area contributed by atoms with Gasteiger partial charge in [0.25, 0.3) is 0 Å². The number of hydrogen-bond donors (Lipinski definition) is 2. The van der Waals surface area contributed by atoms with Crippen LogP contribution in [0.25, 0.3) is 0 Å². The zero-order chi connectivity index (χ0) is 12.6. The number of carboxylic acids is 1. The molecular weight excluding hydrogens is 308 g/mol. The molecule has 104 valence electrons. The molecule has 0 saturated carbocycles. The minimum absolute atomic E-state index is 0. The molecule has 0 aromatic carbocycles. The van der Waals surface area contributed by atoms with Gasteiger partial charge in [0.15, 0.2) is 0 Å². The van der Waals surface area contributed by atoms with Gasteiger partial charge in [-0.1, -0.05) is 19.3 Å². The quantitative estimate of drug-likeness (QED) is 0.491. The predicted octanol–water partition coefficient (Wildman–Crippen LogP) is 4.24. The monoisotopic (exact) mass is 325 g/mol. The van der Waals surface area contributed by atoms with E-state index in [1.807, 2.05) is 0 Å². The van der Waals surface area contributed by atoms with E-state index in [-0.39, 0.29) is 6.15 Å². The van der Waals surface area contributed by atoms with Crippen LogP contribution in [0.1, 0.15) is 32.1 Å². The van der Waals surface area contributed by atoms with Crippen molar-refractivity contribution in [3.63, 3.8) is 0 Å². The summed E-state index contributed by atoms with van der Waals surface area (Å²) in [7, 11) is 0. The fourth-order valence-corrected chi connectivity index (χ4v) is 2.24. The molecule has 0 saturated heterocycles. The second kappa shape index (κ2) is 11.7. The fourth-order valence-electron chi connectivity index (χ4n) is 1.27. The van der Waals surface area contributed by atoms with Crippen LogP contribution in [-0.4, -0.2) is 33.1 Å². The zero-order valence-electron chi connectivity index (χ0n) is 9.55. The summed E-state index contributed by atoms with van der Waals surface area (Å²) in [6.45, 7) is 0. The Morgan fingerprint density at radius 1 is 1.06 bits per heavy atom. The third-order valence-corrected chi connectivity index (χ3v) is 4.25. The van der Waals surface area contributed by atoms with Crippen LogP contribution >= 0.6 is 46.4 Å². The van der Waals surface area contributed by atoms with Crippen molar-refractivity contribution in [1.29, 1.82) is 0 Å². The molecule has 4 N–H and O–H groups in total. The van der Waals surface area contributed by atoms with Crippen LogP contribution in [0.2, 0.25) is 0 Å². The highest BCUT2D eigenvalue weighted by atomic mass is 35.5. The molecule has 7 heteroatoms. The molecule has 0 rings (SSSR count). The molecule has 0 radical (unpaired) electrons. The van der Waals surface area contributed by atoms with E-state index in [0.717, 1.165) is 25.7 Å². The Kier molecular flexibility index (Phi) is 13.7. The maximum absolute atomic E-state index is 10.6. The van der Waals surface area contributed by atoms with Crippen molar-refractivity contribution in [1.82, 2.24) is 6.15 Å². The van der Waals surface area contributed by atoms with Gasteiger partial charge in [0.1, 0.15) is 5.38 Å². The van der Waals surface area contributed by atoms with Gasteiger partial charge in [-0.25, -0.2) is 0 Å². The number of hydrogen-bond acceptors (Lipinski definition) is 2. The SMILES string of the molecule is N.O=C(O)C(Cl)C(Cl)C(Cl)CCCCCCCl. The molecule has 17 heavy (non-hydrogen) atoms. The van der Waals surface area contributed by atoms with Gasteiger partial charge in [0.2, 0.25) is 0 Å². The van der Waals surface area contributed by atoms with Gasteiger partial charge in [-0.05, 0) is 12.8 Å². The van der Waals surface area contributed by atoms with E-state index < -0.39 is 22.1 Å². The topological polar surface area (TPSA) is 72.3 Å².